The summed E-state index contributed by atoms with van der Waals surface area (Å²) in [5, 5.41) is 11.8. The van der Waals surface area contributed by atoms with Crippen molar-refractivity contribution in [3.8, 4) is 34.0 Å². The second-order valence-corrected chi connectivity index (χ2v) is 11.4. The van der Waals surface area contributed by atoms with Crippen molar-refractivity contribution in [1.29, 1.82) is 0 Å². The molecule has 14 heteroatoms. The lowest BCUT2D eigenvalue weighted by Crippen LogP contribution is -2.16. The van der Waals surface area contributed by atoms with Gasteiger partial charge in [0.15, 0.2) is 0 Å². The molecule has 5 rings (SSSR count). The van der Waals surface area contributed by atoms with Crippen LogP contribution in [0.2, 0.25) is 0 Å². The van der Waals surface area contributed by atoms with Gasteiger partial charge in [0.2, 0.25) is 17.0 Å². The molecule has 0 atom stereocenters. The Morgan fingerprint density at radius 2 is 1.37 bits per heavy atom. The summed E-state index contributed by atoms with van der Waals surface area (Å²) in [5.74, 6) is 1.04. The Hall–Kier alpha value is -5.08. The Labute approximate surface area is 252 Å². The number of thioether (sulfide) groups is 1. The van der Waals surface area contributed by atoms with Crippen LogP contribution >= 0.6 is 11.8 Å². The van der Waals surface area contributed by atoms with Gasteiger partial charge in [-0.05, 0) is 78.9 Å². The molecule has 3 aromatic carbocycles. The van der Waals surface area contributed by atoms with Gasteiger partial charge in [-0.3, -0.25) is 4.79 Å². The number of amides is 1. The van der Waals surface area contributed by atoms with Crippen LogP contribution in [0.5, 0.6) is 11.5 Å². The minimum Gasteiger partial charge on any atom is -0.497 e. The van der Waals surface area contributed by atoms with E-state index in [1.165, 1.54) is 36.7 Å². The van der Waals surface area contributed by atoms with Crippen molar-refractivity contribution in [2.45, 2.75) is 10.1 Å². The minimum atomic E-state index is -3.89. The number of carbonyl (C=O) groups excluding carboxylic acids is 1. The molecule has 0 spiro atoms. The van der Waals surface area contributed by atoms with Gasteiger partial charge in [0.25, 0.3) is 10.0 Å². The number of rotatable bonds is 11. The largest absolute Gasteiger partial charge is 0.497 e. The molecule has 0 fully saturated rings. The smallest absolute Gasteiger partial charge is 0.264 e. The highest BCUT2D eigenvalue weighted by molar-refractivity contribution is 7.99. The van der Waals surface area contributed by atoms with Crippen LogP contribution in [-0.4, -0.2) is 59.4 Å². The molecular formula is C29H25N7O5S2. The van der Waals surface area contributed by atoms with E-state index in [2.05, 4.69) is 30.2 Å². The molecule has 12 nitrogen and oxygen atoms in total. The van der Waals surface area contributed by atoms with Gasteiger partial charge in [0.05, 0.1) is 24.9 Å². The molecule has 1 amide bonds. The predicted octanol–water partition coefficient (Wildman–Crippen LogP) is 4.54. The molecular weight excluding hydrogens is 590 g/mol. The van der Waals surface area contributed by atoms with Crippen molar-refractivity contribution in [3.05, 3.63) is 91.3 Å². The number of nitrogens with zero attached hydrogens (tertiary/aromatic N) is 5. The summed E-state index contributed by atoms with van der Waals surface area (Å²) in [7, 11) is -0.697. The normalized spacial score (nSPS) is 11.0. The van der Waals surface area contributed by atoms with Crippen LogP contribution in [0, 0.1) is 0 Å². The van der Waals surface area contributed by atoms with Gasteiger partial charge < -0.3 is 14.8 Å². The highest BCUT2D eigenvalue weighted by Crippen LogP contribution is 2.32. The molecule has 0 radical (unpaired) electrons. The molecule has 5 aromatic rings. The molecule has 2 heterocycles. The first-order valence-corrected chi connectivity index (χ1v) is 15.2. The molecule has 0 aliphatic heterocycles. The molecule has 0 saturated carbocycles. The summed E-state index contributed by atoms with van der Waals surface area (Å²) in [6.07, 6.45) is 2.86. The summed E-state index contributed by atoms with van der Waals surface area (Å²) in [4.78, 5) is 25.1. The lowest BCUT2D eigenvalue weighted by molar-refractivity contribution is -0.113. The lowest BCUT2D eigenvalue weighted by Gasteiger charge is -2.11. The monoisotopic (exact) mass is 615 g/mol. The summed E-state index contributed by atoms with van der Waals surface area (Å²) in [6.45, 7) is 0. The molecule has 2 N–H and O–H groups in total. The fraction of sp³-hybridized carbons (Fsp3) is 0.103. The van der Waals surface area contributed by atoms with Gasteiger partial charge in [0.1, 0.15) is 22.9 Å². The third kappa shape index (κ3) is 7.42. The van der Waals surface area contributed by atoms with Crippen molar-refractivity contribution in [3.63, 3.8) is 0 Å². The molecule has 0 saturated heterocycles. The number of benzene rings is 3. The Balaban J connectivity index is 1.28. The standard InChI is InChI=1S/C29H25N7O5S2/c1-40-22-10-4-19(5-11-22)26-27(20-6-12-23(41-2)13-7-20)34-35-29(33-26)42-18-25(37)32-21-8-14-24(15-9-21)43(38,39)36-28-30-16-3-17-31-28/h3-17H,18H2,1-2H3,(H,32,37)(H,30,31,36). The van der Waals surface area contributed by atoms with Crippen LogP contribution < -0.4 is 19.5 Å². The van der Waals surface area contributed by atoms with Gasteiger partial charge in [-0.2, -0.15) is 0 Å². The zero-order valence-electron chi connectivity index (χ0n) is 23.0. The van der Waals surface area contributed by atoms with Crippen molar-refractivity contribution in [1.82, 2.24) is 25.1 Å². The topological polar surface area (TPSA) is 158 Å². The van der Waals surface area contributed by atoms with Crippen LogP contribution in [0.15, 0.2) is 101 Å². The second-order valence-electron chi connectivity index (χ2n) is 8.79. The maximum Gasteiger partial charge on any atom is 0.264 e. The number of sulfonamides is 1. The zero-order chi connectivity index (χ0) is 30.2. The van der Waals surface area contributed by atoms with Gasteiger partial charge in [-0.15, -0.1) is 10.2 Å². The van der Waals surface area contributed by atoms with Gasteiger partial charge in [0, 0.05) is 29.2 Å². The average Bonchev–Trinajstić information content (AvgIpc) is 3.04. The first-order chi connectivity index (χ1) is 20.8. The maximum absolute atomic E-state index is 12.7. The summed E-state index contributed by atoms with van der Waals surface area (Å²) >= 11 is 1.12. The quantitative estimate of drug-likeness (QED) is 0.201. The first-order valence-electron chi connectivity index (χ1n) is 12.7. The number of nitrogens with one attached hydrogen (secondary N) is 2. The van der Waals surface area contributed by atoms with Crippen molar-refractivity contribution in [2.24, 2.45) is 0 Å². The third-order valence-electron chi connectivity index (χ3n) is 5.97. The van der Waals surface area contributed by atoms with Crippen LogP contribution in [0.25, 0.3) is 22.5 Å². The van der Waals surface area contributed by atoms with Gasteiger partial charge in [-0.25, -0.2) is 28.1 Å². The van der Waals surface area contributed by atoms with Gasteiger partial charge in [-0.1, -0.05) is 11.8 Å². The SMILES string of the molecule is COc1ccc(-c2nnc(SCC(=O)Nc3ccc(S(=O)(=O)Nc4ncccn4)cc3)nc2-c2ccc(OC)cc2)cc1. The van der Waals surface area contributed by atoms with E-state index < -0.39 is 10.0 Å². The Kier molecular flexibility index (Phi) is 9.08. The molecule has 0 aliphatic carbocycles. The van der Waals surface area contributed by atoms with E-state index in [9.17, 15) is 13.2 Å². The highest BCUT2D eigenvalue weighted by atomic mass is 32.2. The van der Waals surface area contributed by atoms with Crippen LogP contribution in [-0.2, 0) is 14.8 Å². The Morgan fingerprint density at radius 3 is 1.95 bits per heavy atom. The number of hydrogen-bond donors (Lipinski definition) is 2. The number of hydrogen-bond acceptors (Lipinski definition) is 11. The van der Waals surface area contributed by atoms with Crippen molar-refractivity contribution >= 4 is 39.3 Å². The van der Waals surface area contributed by atoms with E-state index in [-0.39, 0.29) is 22.5 Å². The average molecular weight is 616 g/mol. The van der Waals surface area contributed by atoms with E-state index in [0.717, 1.165) is 22.9 Å². The number of carbonyl (C=O) groups is 1. The molecule has 2 aromatic heterocycles. The summed E-state index contributed by atoms with van der Waals surface area (Å²) in [5.41, 5.74) is 3.20. The van der Waals surface area contributed by atoms with Crippen molar-refractivity contribution < 1.29 is 22.7 Å². The molecule has 0 unspecified atom stereocenters. The fourth-order valence-corrected chi connectivity index (χ4v) is 5.39. The third-order valence-corrected chi connectivity index (χ3v) is 8.15. The van der Waals surface area contributed by atoms with E-state index in [1.54, 1.807) is 20.3 Å². The van der Waals surface area contributed by atoms with Crippen LogP contribution in [0.3, 0.4) is 0 Å². The maximum atomic E-state index is 12.7. The van der Waals surface area contributed by atoms with Gasteiger partial charge >= 0.3 is 0 Å². The Morgan fingerprint density at radius 1 is 0.791 bits per heavy atom. The number of ether oxygens (including phenoxy) is 2. The molecule has 0 bridgehead atoms. The number of anilines is 2. The lowest BCUT2D eigenvalue weighted by atomic mass is 10.0. The zero-order valence-corrected chi connectivity index (χ0v) is 24.6. The highest BCUT2D eigenvalue weighted by Gasteiger charge is 2.17. The van der Waals surface area contributed by atoms with Crippen LogP contribution in [0.4, 0.5) is 11.6 Å². The molecule has 0 aliphatic rings. The van der Waals surface area contributed by atoms with Crippen molar-refractivity contribution in [2.75, 3.05) is 30.0 Å². The van der Waals surface area contributed by atoms with Crippen LogP contribution in [0.1, 0.15) is 0 Å². The van der Waals surface area contributed by atoms with E-state index in [4.69, 9.17) is 14.5 Å². The fourth-order valence-electron chi connectivity index (χ4n) is 3.84. The molecule has 43 heavy (non-hydrogen) atoms. The van der Waals surface area contributed by atoms with E-state index >= 15 is 0 Å². The van der Waals surface area contributed by atoms with E-state index in [1.807, 2.05) is 48.5 Å². The summed E-state index contributed by atoms with van der Waals surface area (Å²) in [6, 6.07) is 22.1. The summed E-state index contributed by atoms with van der Waals surface area (Å²) < 4.78 is 38.0. The predicted molar refractivity (Wildman–Crippen MR) is 162 cm³/mol. The second kappa shape index (κ2) is 13.3. The first kappa shape index (κ1) is 29.4. The number of aromatic nitrogens is 5. The minimum absolute atomic E-state index is 0.00142. The molecule has 218 valence electrons. The Bertz CT molecular complexity index is 1810. The van der Waals surface area contributed by atoms with E-state index in [0.29, 0.717) is 33.7 Å². The number of methoxy groups -OCH3 is 2.